The highest BCUT2D eigenvalue weighted by Crippen LogP contribution is 2.40. The predicted molar refractivity (Wildman–Crippen MR) is 206 cm³/mol. The van der Waals surface area contributed by atoms with Crippen molar-refractivity contribution >= 4 is 5.97 Å². The molecule has 0 spiro atoms. The lowest BCUT2D eigenvalue weighted by atomic mass is 9.76. The third-order valence-electron chi connectivity index (χ3n) is 11.3. The van der Waals surface area contributed by atoms with Crippen molar-refractivity contribution in [2.75, 3.05) is 0 Å². The Labute approximate surface area is 320 Å². The molecule has 0 saturated carbocycles. The second-order valence-electron chi connectivity index (χ2n) is 16.6. The van der Waals surface area contributed by atoms with Gasteiger partial charge in [0.05, 0.1) is 12.1 Å². The van der Waals surface area contributed by atoms with E-state index in [-0.39, 0.29) is 29.1 Å². The van der Waals surface area contributed by atoms with Gasteiger partial charge in [-0.2, -0.15) is 20.2 Å². The molecule has 0 amide bonds. The van der Waals surface area contributed by atoms with E-state index in [1.165, 1.54) is 22.5 Å². The smallest absolute Gasteiger partial charge is 0.312 e. The number of benzene rings is 1. The Morgan fingerprint density at radius 2 is 1.31 bits per heavy atom. The van der Waals surface area contributed by atoms with Gasteiger partial charge in [-0.3, -0.25) is 14.2 Å². The summed E-state index contributed by atoms with van der Waals surface area (Å²) in [5.74, 6) is 1.64. The summed E-state index contributed by atoms with van der Waals surface area (Å²) in [6.07, 6.45) is 6.69. The van der Waals surface area contributed by atoms with E-state index in [0.29, 0.717) is 41.1 Å². The number of carbonyl (C=O) groups is 1. The van der Waals surface area contributed by atoms with Crippen LogP contribution in [0.5, 0.6) is 5.88 Å². The number of pyridine rings is 1. The molecule has 1 aromatic carbocycles. The molecular weight excluding hydrogens is 695 g/mol. The first-order chi connectivity index (χ1) is 26.3. The van der Waals surface area contributed by atoms with Gasteiger partial charge in [-0.25, -0.2) is 4.98 Å². The summed E-state index contributed by atoms with van der Waals surface area (Å²) in [6.45, 7) is 18.9. The number of aromatic nitrogens is 9. The van der Waals surface area contributed by atoms with Crippen LogP contribution in [0.15, 0.2) is 39.4 Å². The summed E-state index contributed by atoms with van der Waals surface area (Å²) in [5.41, 5.74) is 11.1. The van der Waals surface area contributed by atoms with Gasteiger partial charge < -0.3 is 13.8 Å². The summed E-state index contributed by atoms with van der Waals surface area (Å²) in [7, 11) is 0. The highest BCUT2D eigenvalue weighted by molar-refractivity contribution is 5.73. The second-order valence-corrected chi connectivity index (χ2v) is 16.6. The minimum Gasteiger partial charge on any atom is -0.407 e. The molecule has 0 saturated heterocycles. The van der Waals surface area contributed by atoms with E-state index in [4.69, 9.17) is 33.9 Å². The average molecular weight is 744 g/mol. The maximum atomic E-state index is 12.9. The van der Waals surface area contributed by atoms with E-state index in [2.05, 4.69) is 66.2 Å². The van der Waals surface area contributed by atoms with Crippen LogP contribution in [0.2, 0.25) is 0 Å². The van der Waals surface area contributed by atoms with Crippen LogP contribution in [-0.2, 0) is 50.0 Å². The number of nitrogens with zero attached hydrogens (tertiary/aromatic N) is 9. The summed E-state index contributed by atoms with van der Waals surface area (Å²) in [6, 6.07) is 9.48. The Hall–Kier alpha value is -5.46. The molecule has 13 heteroatoms. The van der Waals surface area contributed by atoms with Crippen molar-refractivity contribution in [3.63, 3.8) is 0 Å². The van der Waals surface area contributed by atoms with Gasteiger partial charge in [-0.05, 0) is 101 Å². The first kappa shape index (κ1) is 36.5. The monoisotopic (exact) mass is 743 g/mol. The first-order valence-electron chi connectivity index (χ1n) is 19.4. The van der Waals surface area contributed by atoms with Crippen LogP contribution in [0.3, 0.4) is 0 Å². The standard InChI is InChI=1S/C42H49N9O4/c1-9-50-31-22-41(5,6)19-17-29(31)35(46-50)39-44-37(48-54-39)27-13-11-26(21-24(27)3)12-16-34(52)53-33-15-14-28(25(4)43-33)38-45-40(55-49-38)36-30-18-20-42(7,8)23-32(30)51(10-2)47-36/h11,13-15,21H,9-10,12,16-20,22-23H2,1-8H3. The van der Waals surface area contributed by atoms with Gasteiger partial charge in [0.15, 0.2) is 11.4 Å². The Kier molecular flexibility index (Phi) is 9.29. The largest absolute Gasteiger partial charge is 0.407 e. The molecule has 5 heterocycles. The van der Waals surface area contributed by atoms with E-state index in [0.717, 1.165) is 79.7 Å². The summed E-state index contributed by atoms with van der Waals surface area (Å²) in [5, 5.41) is 18.3. The molecule has 2 aliphatic rings. The molecule has 55 heavy (non-hydrogen) atoms. The lowest BCUT2D eigenvalue weighted by molar-refractivity contribution is -0.134. The van der Waals surface area contributed by atoms with Gasteiger partial charge >= 0.3 is 5.97 Å². The zero-order valence-corrected chi connectivity index (χ0v) is 33.1. The molecule has 2 aliphatic carbocycles. The van der Waals surface area contributed by atoms with Crippen LogP contribution in [-0.4, -0.2) is 50.8 Å². The Morgan fingerprint density at radius 1 is 0.764 bits per heavy atom. The third-order valence-corrected chi connectivity index (χ3v) is 11.3. The molecule has 0 unspecified atom stereocenters. The van der Waals surface area contributed by atoms with Gasteiger partial charge in [-0.1, -0.05) is 56.2 Å². The highest BCUT2D eigenvalue weighted by atomic mass is 16.5. The molecule has 0 fully saturated rings. The minimum atomic E-state index is -0.372. The minimum absolute atomic E-state index is 0.190. The van der Waals surface area contributed by atoms with Crippen molar-refractivity contribution < 1.29 is 18.6 Å². The zero-order chi connectivity index (χ0) is 38.6. The van der Waals surface area contributed by atoms with Crippen molar-refractivity contribution in [2.45, 2.75) is 120 Å². The van der Waals surface area contributed by atoms with Crippen LogP contribution in [0.4, 0.5) is 0 Å². The summed E-state index contributed by atoms with van der Waals surface area (Å²) < 4.78 is 21.3. The summed E-state index contributed by atoms with van der Waals surface area (Å²) in [4.78, 5) is 26.9. The molecule has 0 radical (unpaired) electrons. The first-order valence-corrected chi connectivity index (χ1v) is 19.4. The fourth-order valence-corrected chi connectivity index (χ4v) is 8.10. The van der Waals surface area contributed by atoms with E-state index in [1.54, 1.807) is 12.1 Å². The predicted octanol–water partition coefficient (Wildman–Crippen LogP) is 8.13. The maximum absolute atomic E-state index is 12.9. The third kappa shape index (κ3) is 7.12. The molecule has 0 bridgehead atoms. The van der Waals surface area contributed by atoms with E-state index in [9.17, 15) is 4.79 Å². The molecule has 8 rings (SSSR count). The molecule has 13 nitrogen and oxygen atoms in total. The van der Waals surface area contributed by atoms with Crippen molar-refractivity contribution in [2.24, 2.45) is 10.8 Å². The fraction of sp³-hybridized carbons (Fsp3) is 0.476. The normalized spacial score (nSPS) is 15.9. The number of rotatable bonds is 10. The SMILES string of the molecule is CCn1nc(-c2nc(-c3ccc(CCC(=O)Oc4ccc(-c5noc(-c6nn(CC)c7c6CCC(C)(C)C7)n5)c(C)n4)cc3C)no2)c2c1CC(C)(C)CC2. The maximum Gasteiger partial charge on any atom is 0.312 e. The molecule has 0 aliphatic heterocycles. The van der Waals surface area contributed by atoms with Crippen LogP contribution in [0.1, 0.15) is 100 Å². The van der Waals surface area contributed by atoms with Gasteiger partial charge in [0.25, 0.3) is 11.8 Å². The van der Waals surface area contributed by atoms with Crippen molar-refractivity contribution in [3.05, 3.63) is 69.7 Å². The Bertz CT molecular complexity index is 2410. The number of fused-ring (bicyclic) bond motifs is 2. The molecular formula is C42H49N9O4. The fourth-order valence-electron chi connectivity index (χ4n) is 8.10. The van der Waals surface area contributed by atoms with Crippen LogP contribution in [0.25, 0.3) is 45.9 Å². The van der Waals surface area contributed by atoms with Crippen molar-refractivity contribution in [1.29, 1.82) is 0 Å². The number of hydrogen-bond donors (Lipinski definition) is 0. The second kappa shape index (κ2) is 14.0. The van der Waals surface area contributed by atoms with E-state index in [1.807, 2.05) is 32.0 Å². The molecule has 286 valence electrons. The average Bonchev–Trinajstić information content (AvgIpc) is 3.95. The Balaban J connectivity index is 0.900. The van der Waals surface area contributed by atoms with E-state index >= 15 is 0 Å². The van der Waals surface area contributed by atoms with Gasteiger partial charge in [-0.15, -0.1) is 0 Å². The van der Waals surface area contributed by atoms with Crippen LogP contribution >= 0.6 is 0 Å². The number of ether oxygens (including phenoxy) is 1. The lowest BCUT2D eigenvalue weighted by Gasteiger charge is -2.30. The number of carbonyl (C=O) groups excluding carboxylic acids is 1. The van der Waals surface area contributed by atoms with Crippen molar-refractivity contribution in [1.82, 2.24) is 44.8 Å². The quantitative estimate of drug-likeness (QED) is 0.125. The number of esters is 1. The van der Waals surface area contributed by atoms with E-state index < -0.39 is 0 Å². The number of hydrogen-bond acceptors (Lipinski definition) is 11. The van der Waals surface area contributed by atoms with Crippen LogP contribution in [0, 0.1) is 24.7 Å². The molecule has 0 atom stereocenters. The summed E-state index contributed by atoms with van der Waals surface area (Å²) >= 11 is 0. The van der Waals surface area contributed by atoms with Gasteiger partial charge in [0.1, 0.15) is 0 Å². The molecule has 0 N–H and O–H groups in total. The van der Waals surface area contributed by atoms with Gasteiger partial charge in [0, 0.05) is 52.8 Å². The van der Waals surface area contributed by atoms with Gasteiger partial charge in [0.2, 0.25) is 17.5 Å². The zero-order valence-electron chi connectivity index (χ0n) is 33.1. The van der Waals surface area contributed by atoms with Crippen LogP contribution < -0.4 is 4.74 Å². The molecule has 5 aromatic heterocycles. The molecule has 6 aromatic rings. The Morgan fingerprint density at radius 3 is 1.84 bits per heavy atom. The number of aryl methyl sites for hydroxylation is 5. The lowest BCUT2D eigenvalue weighted by Crippen LogP contribution is -2.24. The van der Waals surface area contributed by atoms with Crippen molar-refractivity contribution in [3.8, 4) is 51.8 Å². The highest BCUT2D eigenvalue weighted by Gasteiger charge is 2.34. The topological polar surface area (TPSA) is 153 Å².